The molecule has 92 valence electrons. The van der Waals surface area contributed by atoms with Gasteiger partial charge in [0.2, 0.25) is 0 Å². The summed E-state index contributed by atoms with van der Waals surface area (Å²) in [4.78, 5) is 0. The van der Waals surface area contributed by atoms with Gasteiger partial charge in [0, 0.05) is 4.70 Å². The SMILES string of the molecule is CCC(CC)C(NN)c1cccc2ccsc12. The van der Waals surface area contributed by atoms with E-state index < -0.39 is 0 Å². The molecular formula is C14H20N2S. The van der Waals surface area contributed by atoms with Crippen LogP contribution in [-0.2, 0) is 0 Å². The summed E-state index contributed by atoms with van der Waals surface area (Å²) in [5, 5.41) is 3.47. The molecule has 3 N–H and O–H groups in total. The van der Waals surface area contributed by atoms with E-state index >= 15 is 0 Å². The number of hydrogen-bond donors (Lipinski definition) is 2. The molecule has 0 fully saturated rings. The summed E-state index contributed by atoms with van der Waals surface area (Å²) in [6.07, 6.45) is 2.29. The second-order valence-corrected chi connectivity index (χ2v) is 5.32. The van der Waals surface area contributed by atoms with E-state index in [2.05, 4.69) is 48.9 Å². The highest BCUT2D eigenvalue weighted by Gasteiger charge is 2.21. The van der Waals surface area contributed by atoms with Gasteiger partial charge in [-0.15, -0.1) is 11.3 Å². The zero-order valence-electron chi connectivity index (χ0n) is 10.4. The summed E-state index contributed by atoms with van der Waals surface area (Å²) < 4.78 is 1.36. The first kappa shape index (κ1) is 12.6. The molecule has 0 spiro atoms. The first-order valence-corrected chi connectivity index (χ1v) is 7.12. The lowest BCUT2D eigenvalue weighted by molar-refractivity contribution is 0.347. The van der Waals surface area contributed by atoms with Crippen LogP contribution >= 0.6 is 11.3 Å². The molecule has 0 amide bonds. The van der Waals surface area contributed by atoms with E-state index in [0.29, 0.717) is 5.92 Å². The van der Waals surface area contributed by atoms with Crippen molar-refractivity contribution in [2.45, 2.75) is 32.7 Å². The number of nitrogens with two attached hydrogens (primary N) is 1. The molecule has 0 aliphatic carbocycles. The molecule has 0 radical (unpaired) electrons. The lowest BCUT2D eigenvalue weighted by Gasteiger charge is -2.25. The highest BCUT2D eigenvalue weighted by molar-refractivity contribution is 7.17. The average Bonchev–Trinajstić information content (AvgIpc) is 2.84. The van der Waals surface area contributed by atoms with Crippen molar-refractivity contribution in [1.82, 2.24) is 5.43 Å². The van der Waals surface area contributed by atoms with Gasteiger partial charge in [0.25, 0.3) is 0 Å². The molecule has 0 aliphatic rings. The van der Waals surface area contributed by atoms with E-state index in [9.17, 15) is 0 Å². The van der Waals surface area contributed by atoms with Gasteiger partial charge in [0.05, 0.1) is 6.04 Å². The zero-order chi connectivity index (χ0) is 12.3. The highest BCUT2D eigenvalue weighted by atomic mass is 32.1. The summed E-state index contributed by atoms with van der Waals surface area (Å²) in [6.45, 7) is 4.46. The summed E-state index contributed by atoms with van der Waals surface area (Å²) in [6, 6.07) is 8.91. The van der Waals surface area contributed by atoms with Crippen LogP contribution in [0, 0.1) is 5.92 Å². The Kier molecular flexibility index (Phi) is 4.15. The first-order chi connectivity index (χ1) is 8.31. The number of thiophene rings is 1. The monoisotopic (exact) mass is 248 g/mol. The third kappa shape index (κ3) is 2.37. The molecular weight excluding hydrogens is 228 g/mol. The van der Waals surface area contributed by atoms with Gasteiger partial charge in [0.15, 0.2) is 0 Å². The van der Waals surface area contributed by atoms with Crippen LogP contribution in [0.25, 0.3) is 10.1 Å². The zero-order valence-corrected chi connectivity index (χ0v) is 11.3. The molecule has 2 aromatic rings. The number of fused-ring (bicyclic) bond motifs is 1. The third-order valence-electron chi connectivity index (χ3n) is 3.54. The number of benzene rings is 1. The van der Waals surface area contributed by atoms with E-state index in [4.69, 9.17) is 5.84 Å². The van der Waals surface area contributed by atoms with E-state index in [1.54, 1.807) is 11.3 Å². The van der Waals surface area contributed by atoms with Crippen LogP contribution in [-0.4, -0.2) is 0 Å². The fourth-order valence-corrected chi connectivity index (χ4v) is 3.45. The quantitative estimate of drug-likeness (QED) is 0.623. The maximum absolute atomic E-state index is 5.77. The largest absolute Gasteiger partial charge is 0.271 e. The molecule has 0 bridgehead atoms. The molecule has 1 aromatic carbocycles. The van der Waals surface area contributed by atoms with Crippen LogP contribution in [0.2, 0.25) is 0 Å². The number of nitrogens with one attached hydrogen (secondary N) is 1. The van der Waals surface area contributed by atoms with Crippen LogP contribution in [0.3, 0.4) is 0 Å². The Balaban J connectivity index is 2.45. The number of hydrazine groups is 1. The minimum absolute atomic E-state index is 0.257. The predicted octanol–water partition coefficient (Wildman–Crippen LogP) is 3.84. The molecule has 1 unspecified atom stereocenters. The van der Waals surface area contributed by atoms with Crippen molar-refractivity contribution in [3.63, 3.8) is 0 Å². The minimum atomic E-state index is 0.257. The van der Waals surface area contributed by atoms with Gasteiger partial charge in [-0.2, -0.15) is 0 Å². The molecule has 0 saturated heterocycles. The molecule has 1 aromatic heterocycles. The predicted molar refractivity (Wildman–Crippen MR) is 76.0 cm³/mol. The molecule has 0 saturated carbocycles. The Labute approximate surface area is 107 Å². The molecule has 3 heteroatoms. The Bertz CT molecular complexity index is 474. The molecule has 1 heterocycles. The van der Waals surface area contributed by atoms with Gasteiger partial charge in [-0.1, -0.05) is 44.9 Å². The van der Waals surface area contributed by atoms with Crippen molar-refractivity contribution < 1.29 is 0 Å². The third-order valence-corrected chi connectivity index (χ3v) is 4.52. The Hall–Kier alpha value is -0.900. The van der Waals surface area contributed by atoms with Gasteiger partial charge in [0.1, 0.15) is 0 Å². The van der Waals surface area contributed by atoms with Crippen LogP contribution in [0.5, 0.6) is 0 Å². The standard InChI is InChI=1S/C14H20N2S/c1-3-10(4-2)13(16-15)12-7-5-6-11-8-9-17-14(11)12/h5-10,13,16H,3-4,15H2,1-2H3. The van der Waals surface area contributed by atoms with Crippen LogP contribution < -0.4 is 11.3 Å². The maximum atomic E-state index is 5.77. The summed E-state index contributed by atoms with van der Waals surface area (Å²) in [5.41, 5.74) is 4.35. The van der Waals surface area contributed by atoms with E-state index in [1.807, 2.05) is 0 Å². The number of hydrogen-bond acceptors (Lipinski definition) is 3. The first-order valence-electron chi connectivity index (χ1n) is 6.24. The average molecular weight is 248 g/mol. The summed E-state index contributed by atoms with van der Waals surface area (Å²) in [5.74, 6) is 6.36. The Morgan fingerprint density at radius 3 is 2.65 bits per heavy atom. The van der Waals surface area contributed by atoms with Crippen molar-refractivity contribution >= 4 is 21.4 Å². The smallest absolute Gasteiger partial charge is 0.0502 e. The van der Waals surface area contributed by atoms with Gasteiger partial charge < -0.3 is 0 Å². The van der Waals surface area contributed by atoms with Crippen LogP contribution in [0.4, 0.5) is 0 Å². The Morgan fingerprint density at radius 1 is 1.24 bits per heavy atom. The van der Waals surface area contributed by atoms with Crippen molar-refractivity contribution in [2.24, 2.45) is 11.8 Å². The van der Waals surface area contributed by atoms with Crippen LogP contribution in [0.15, 0.2) is 29.6 Å². The molecule has 0 aliphatic heterocycles. The maximum Gasteiger partial charge on any atom is 0.0502 e. The molecule has 2 nitrogen and oxygen atoms in total. The summed E-state index contributed by atoms with van der Waals surface area (Å²) in [7, 11) is 0. The topological polar surface area (TPSA) is 38.0 Å². The molecule has 2 rings (SSSR count). The lowest BCUT2D eigenvalue weighted by atomic mass is 9.89. The van der Waals surface area contributed by atoms with Crippen molar-refractivity contribution in [3.8, 4) is 0 Å². The second-order valence-electron chi connectivity index (χ2n) is 4.41. The lowest BCUT2D eigenvalue weighted by Crippen LogP contribution is -2.33. The fraction of sp³-hybridized carbons (Fsp3) is 0.429. The van der Waals surface area contributed by atoms with Gasteiger partial charge in [-0.05, 0) is 28.3 Å². The summed E-state index contributed by atoms with van der Waals surface area (Å²) >= 11 is 1.80. The molecule has 17 heavy (non-hydrogen) atoms. The van der Waals surface area contributed by atoms with Crippen molar-refractivity contribution in [3.05, 3.63) is 35.2 Å². The minimum Gasteiger partial charge on any atom is -0.271 e. The molecule has 1 atom stereocenters. The van der Waals surface area contributed by atoms with Gasteiger partial charge in [-0.25, -0.2) is 0 Å². The van der Waals surface area contributed by atoms with Crippen molar-refractivity contribution in [1.29, 1.82) is 0 Å². The van der Waals surface area contributed by atoms with E-state index in [-0.39, 0.29) is 6.04 Å². The van der Waals surface area contributed by atoms with Gasteiger partial charge >= 0.3 is 0 Å². The highest BCUT2D eigenvalue weighted by Crippen LogP contribution is 2.34. The van der Waals surface area contributed by atoms with E-state index in [0.717, 1.165) is 12.8 Å². The van der Waals surface area contributed by atoms with Gasteiger partial charge in [-0.3, -0.25) is 11.3 Å². The van der Waals surface area contributed by atoms with Crippen molar-refractivity contribution in [2.75, 3.05) is 0 Å². The van der Waals surface area contributed by atoms with E-state index in [1.165, 1.54) is 15.6 Å². The number of rotatable bonds is 5. The normalized spacial score (nSPS) is 13.4. The fourth-order valence-electron chi connectivity index (χ4n) is 2.50. The van der Waals surface area contributed by atoms with Crippen LogP contribution in [0.1, 0.15) is 38.3 Å². The Morgan fingerprint density at radius 2 is 2.00 bits per heavy atom. The second kappa shape index (κ2) is 5.63.